The van der Waals surface area contributed by atoms with Gasteiger partial charge in [0.05, 0.1) is 10.0 Å². The maximum absolute atomic E-state index is 11.4. The summed E-state index contributed by atoms with van der Waals surface area (Å²) in [4.78, 5) is 0.852. The van der Waals surface area contributed by atoms with E-state index >= 15 is 0 Å². The Morgan fingerprint density at radius 2 is 1.70 bits per heavy atom. The van der Waals surface area contributed by atoms with Crippen molar-refractivity contribution in [1.29, 1.82) is 0 Å². The molecule has 124 valence electrons. The first-order valence-electron chi connectivity index (χ1n) is 7.38. The molecule has 1 N–H and O–H groups in total. The monoisotopic (exact) mass is 369 g/mol. The van der Waals surface area contributed by atoms with E-state index in [1.165, 1.54) is 5.56 Å². The highest BCUT2D eigenvalue weighted by Crippen LogP contribution is 2.29. The van der Waals surface area contributed by atoms with Crippen molar-refractivity contribution in [2.75, 3.05) is 12.8 Å². The summed E-state index contributed by atoms with van der Waals surface area (Å²) in [5.41, 5.74) is 2.26. The minimum Gasteiger partial charge on any atom is -0.312 e. The third-order valence-electron chi connectivity index (χ3n) is 3.85. The van der Waals surface area contributed by atoms with Crippen LogP contribution in [0.4, 0.5) is 0 Å². The van der Waals surface area contributed by atoms with Gasteiger partial charge < -0.3 is 5.32 Å². The Bertz CT molecular complexity index is 699. The largest absolute Gasteiger partial charge is 0.312 e. The molecule has 1 atom stereocenters. The van der Waals surface area contributed by atoms with Crippen LogP contribution >= 0.6 is 23.2 Å². The summed E-state index contributed by atoms with van der Waals surface area (Å²) in [5.74, 6) is 0. The molecule has 0 aliphatic carbocycles. The fraction of sp³-hybridized carbons (Fsp3) is 0.333. The third-order valence-corrected chi connectivity index (χ3v) is 5.53. The smallest absolute Gasteiger partial charge is 0.0595 e. The number of hydrogen-bond acceptors (Lipinski definition) is 2. The fourth-order valence-corrected chi connectivity index (χ4v) is 3.15. The summed E-state index contributed by atoms with van der Waals surface area (Å²) in [5, 5.41) is 4.63. The second-order valence-corrected chi connectivity index (χ2v) is 8.41. The fourth-order valence-electron chi connectivity index (χ4n) is 2.34. The van der Waals surface area contributed by atoms with E-state index in [9.17, 15) is 4.21 Å². The van der Waals surface area contributed by atoms with Gasteiger partial charge in [-0.15, -0.1) is 0 Å². The summed E-state index contributed by atoms with van der Waals surface area (Å²) in [7, 11) is -0.930. The Kier molecular flexibility index (Phi) is 6.26. The quantitative estimate of drug-likeness (QED) is 0.792. The van der Waals surface area contributed by atoms with Gasteiger partial charge in [0, 0.05) is 40.5 Å². The lowest BCUT2D eigenvalue weighted by Gasteiger charge is -2.26. The first-order chi connectivity index (χ1) is 10.8. The minimum atomic E-state index is -0.930. The molecular formula is C18H21Cl2NOS. The van der Waals surface area contributed by atoms with Crippen molar-refractivity contribution in [3.05, 3.63) is 63.6 Å². The van der Waals surface area contributed by atoms with E-state index in [2.05, 4.69) is 19.2 Å². The van der Waals surface area contributed by atoms with E-state index in [0.717, 1.165) is 23.5 Å². The lowest BCUT2D eigenvalue weighted by molar-refractivity contribution is 0.469. The van der Waals surface area contributed by atoms with E-state index < -0.39 is 10.8 Å². The van der Waals surface area contributed by atoms with Gasteiger partial charge in [0.25, 0.3) is 0 Å². The second kappa shape index (κ2) is 7.80. The van der Waals surface area contributed by atoms with Crippen molar-refractivity contribution in [2.24, 2.45) is 0 Å². The van der Waals surface area contributed by atoms with E-state index in [0.29, 0.717) is 10.0 Å². The molecule has 2 aromatic carbocycles. The van der Waals surface area contributed by atoms with Crippen LogP contribution in [0.15, 0.2) is 47.4 Å². The number of rotatable bonds is 6. The summed E-state index contributed by atoms with van der Waals surface area (Å²) < 4.78 is 11.4. The molecule has 23 heavy (non-hydrogen) atoms. The van der Waals surface area contributed by atoms with Crippen LogP contribution in [-0.2, 0) is 22.8 Å². The highest BCUT2D eigenvalue weighted by molar-refractivity contribution is 7.84. The molecule has 0 aromatic heterocycles. The van der Waals surface area contributed by atoms with Gasteiger partial charge in [-0.2, -0.15) is 0 Å². The molecule has 0 saturated carbocycles. The first kappa shape index (κ1) is 18.5. The Hall–Kier alpha value is -0.870. The molecule has 5 heteroatoms. The molecule has 0 fully saturated rings. The van der Waals surface area contributed by atoms with Crippen LogP contribution in [0.5, 0.6) is 0 Å². The molecule has 0 bridgehead atoms. The summed E-state index contributed by atoms with van der Waals surface area (Å²) in [6, 6.07) is 13.6. The van der Waals surface area contributed by atoms with Gasteiger partial charge in [0.1, 0.15) is 0 Å². The standard InChI is InChI=1S/C18H21Cl2NOS/c1-18(2,14-6-9-16(19)17(20)10-14)12-21-11-13-4-7-15(8-5-13)23(3)22/h4-10,21H,11-12H2,1-3H3/t23-/m1/s1. The number of nitrogens with one attached hydrogen (secondary N) is 1. The molecule has 0 saturated heterocycles. The second-order valence-electron chi connectivity index (χ2n) is 6.21. The van der Waals surface area contributed by atoms with Gasteiger partial charge >= 0.3 is 0 Å². The van der Waals surface area contributed by atoms with E-state index in [1.54, 1.807) is 6.26 Å². The van der Waals surface area contributed by atoms with Crippen LogP contribution in [-0.4, -0.2) is 17.0 Å². The van der Waals surface area contributed by atoms with Crippen LogP contribution in [0, 0.1) is 0 Å². The molecule has 0 heterocycles. The lowest BCUT2D eigenvalue weighted by Crippen LogP contribution is -2.32. The molecule has 0 radical (unpaired) electrons. The topological polar surface area (TPSA) is 29.1 Å². The van der Waals surface area contributed by atoms with Crippen molar-refractivity contribution in [2.45, 2.75) is 30.7 Å². The summed E-state index contributed by atoms with van der Waals surface area (Å²) >= 11 is 12.1. The molecule has 2 nitrogen and oxygen atoms in total. The maximum atomic E-state index is 11.4. The van der Waals surface area contributed by atoms with Crippen LogP contribution in [0.3, 0.4) is 0 Å². The summed E-state index contributed by atoms with van der Waals surface area (Å²) in [6.45, 7) is 5.92. The van der Waals surface area contributed by atoms with Crippen molar-refractivity contribution in [3.63, 3.8) is 0 Å². The number of halogens is 2. The minimum absolute atomic E-state index is 0.0565. The zero-order chi connectivity index (χ0) is 17.0. The highest BCUT2D eigenvalue weighted by atomic mass is 35.5. The maximum Gasteiger partial charge on any atom is 0.0595 e. The van der Waals surface area contributed by atoms with Crippen molar-refractivity contribution in [1.82, 2.24) is 5.32 Å². The molecule has 0 unspecified atom stereocenters. The van der Waals surface area contributed by atoms with E-state index in [1.807, 2.05) is 42.5 Å². The molecule has 2 rings (SSSR count). The number of benzene rings is 2. The highest BCUT2D eigenvalue weighted by Gasteiger charge is 2.21. The summed E-state index contributed by atoms with van der Waals surface area (Å²) in [6.07, 6.45) is 1.69. The van der Waals surface area contributed by atoms with Gasteiger partial charge in [-0.1, -0.05) is 55.2 Å². The van der Waals surface area contributed by atoms with Gasteiger partial charge in [-0.05, 0) is 35.4 Å². The Balaban J connectivity index is 1.96. The first-order valence-corrected chi connectivity index (χ1v) is 9.69. The van der Waals surface area contributed by atoms with Crippen LogP contribution in [0.2, 0.25) is 10.0 Å². The Morgan fingerprint density at radius 1 is 1.04 bits per heavy atom. The van der Waals surface area contributed by atoms with Gasteiger partial charge in [0.2, 0.25) is 0 Å². The molecular weight excluding hydrogens is 349 g/mol. The van der Waals surface area contributed by atoms with E-state index in [4.69, 9.17) is 23.2 Å². The SMILES string of the molecule is C[S@@](=O)c1ccc(CNCC(C)(C)c2ccc(Cl)c(Cl)c2)cc1. The predicted molar refractivity (Wildman–Crippen MR) is 100.0 cm³/mol. The van der Waals surface area contributed by atoms with E-state index in [-0.39, 0.29) is 5.41 Å². The van der Waals surface area contributed by atoms with Crippen LogP contribution in [0.25, 0.3) is 0 Å². The average Bonchev–Trinajstić information content (AvgIpc) is 2.50. The Labute approximate surface area is 150 Å². The van der Waals surface area contributed by atoms with Crippen molar-refractivity contribution >= 4 is 34.0 Å². The lowest BCUT2D eigenvalue weighted by atomic mass is 9.84. The molecule has 2 aromatic rings. The average molecular weight is 370 g/mol. The molecule has 0 aliphatic heterocycles. The molecule has 0 amide bonds. The zero-order valence-electron chi connectivity index (χ0n) is 13.5. The van der Waals surface area contributed by atoms with Gasteiger partial charge in [-0.3, -0.25) is 4.21 Å². The predicted octanol–water partition coefficient (Wildman–Crippen LogP) is 4.80. The Morgan fingerprint density at radius 3 is 2.26 bits per heavy atom. The number of hydrogen-bond donors (Lipinski definition) is 1. The normalized spacial score (nSPS) is 13.1. The van der Waals surface area contributed by atoms with Gasteiger partial charge in [-0.25, -0.2) is 0 Å². The zero-order valence-corrected chi connectivity index (χ0v) is 15.9. The van der Waals surface area contributed by atoms with Crippen LogP contribution < -0.4 is 5.32 Å². The van der Waals surface area contributed by atoms with Crippen molar-refractivity contribution < 1.29 is 4.21 Å². The third kappa shape index (κ3) is 5.05. The molecule has 0 spiro atoms. The van der Waals surface area contributed by atoms with Crippen molar-refractivity contribution in [3.8, 4) is 0 Å². The van der Waals surface area contributed by atoms with Gasteiger partial charge in [0.15, 0.2) is 0 Å². The molecule has 0 aliphatic rings. The van der Waals surface area contributed by atoms with Crippen LogP contribution in [0.1, 0.15) is 25.0 Å².